The van der Waals surface area contributed by atoms with Crippen LogP contribution in [0.1, 0.15) is 17.3 Å². The molecule has 0 fully saturated rings. The molecule has 0 aliphatic heterocycles. The molecule has 0 aliphatic rings. The molecule has 3 rings (SSSR count). The molecule has 174 valence electrons. The summed E-state index contributed by atoms with van der Waals surface area (Å²) in [6.07, 6.45) is 0. The highest BCUT2D eigenvalue weighted by Crippen LogP contribution is 2.32. The van der Waals surface area contributed by atoms with Crippen molar-refractivity contribution in [2.75, 3.05) is 37.5 Å². The van der Waals surface area contributed by atoms with Gasteiger partial charge in [-0.1, -0.05) is 12.1 Å². The third kappa shape index (κ3) is 5.20. The second-order valence-electron chi connectivity index (χ2n) is 6.92. The van der Waals surface area contributed by atoms with Gasteiger partial charge in [0.05, 0.1) is 37.1 Å². The van der Waals surface area contributed by atoms with Gasteiger partial charge >= 0.3 is 0 Å². The zero-order valence-electron chi connectivity index (χ0n) is 18.9. The van der Waals surface area contributed by atoms with E-state index >= 15 is 0 Å². The Morgan fingerprint density at radius 1 is 0.909 bits per heavy atom. The zero-order valence-corrected chi connectivity index (χ0v) is 19.7. The molecule has 1 amide bonds. The summed E-state index contributed by atoms with van der Waals surface area (Å²) in [4.78, 5) is 12.7. The van der Waals surface area contributed by atoms with Crippen molar-refractivity contribution in [3.8, 4) is 17.2 Å². The number of nitrogens with one attached hydrogen (secondary N) is 1. The molecule has 33 heavy (non-hydrogen) atoms. The number of methoxy groups -OCH3 is 2. The maximum atomic E-state index is 13.1. The lowest BCUT2D eigenvalue weighted by Crippen LogP contribution is -2.26. The smallest absolute Gasteiger partial charge is 0.264 e. The number of para-hydroxylation sites is 2. The predicted octanol–water partition coefficient (Wildman–Crippen LogP) is 4.18. The zero-order chi connectivity index (χ0) is 24.0. The molecule has 0 saturated carbocycles. The number of rotatable bonds is 9. The Balaban J connectivity index is 1.80. The van der Waals surface area contributed by atoms with Crippen molar-refractivity contribution < 1.29 is 27.4 Å². The number of sulfonamides is 1. The van der Waals surface area contributed by atoms with E-state index in [2.05, 4.69) is 5.32 Å². The highest BCUT2D eigenvalue weighted by Gasteiger charge is 2.23. The minimum Gasteiger partial charge on any atom is -0.493 e. The first kappa shape index (κ1) is 23.9. The van der Waals surface area contributed by atoms with E-state index in [0.29, 0.717) is 40.8 Å². The molecule has 1 N–H and O–H groups in total. The molecule has 3 aromatic carbocycles. The van der Waals surface area contributed by atoms with Crippen LogP contribution in [0.3, 0.4) is 0 Å². The summed E-state index contributed by atoms with van der Waals surface area (Å²) < 4.78 is 43.2. The van der Waals surface area contributed by atoms with Crippen LogP contribution in [0.4, 0.5) is 11.4 Å². The van der Waals surface area contributed by atoms with Crippen molar-refractivity contribution >= 4 is 27.3 Å². The number of hydrogen-bond donors (Lipinski definition) is 1. The van der Waals surface area contributed by atoms with E-state index in [4.69, 9.17) is 14.2 Å². The third-order valence-corrected chi connectivity index (χ3v) is 6.72. The molecule has 0 aromatic heterocycles. The fourth-order valence-electron chi connectivity index (χ4n) is 3.14. The maximum absolute atomic E-state index is 13.1. The van der Waals surface area contributed by atoms with E-state index in [1.165, 1.54) is 39.5 Å². The predicted molar refractivity (Wildman–Crippen MR) is 127 cm³/mol. The first-order valence-electron chi connectivity index (χ1n) is 10.2. The first-order valence-corrected chi connectivity index (χ1v) is 11.6. The second kappa shape index (κ2) is 10.3. The van der Waals surface area contributed by atoms with Crippen LogP contribution in [0, 0.1) is 0 Å². The highest BCUT2D eigenvalue weighted by molar-refractivity contribution is 7.92. The first-order chi connectivity index (χ1) is 15.8. The summed E-state index contributed by atoms with van der Waals surface area (Å²) in [6, 6.07) is 17.8. The molecular formula is C24H26N2O6S. The number of ether oxygens (including phenoxy) is 3. The molecule has 9 heteroatoms. The van der Waals surface area contributed by atoms with E-state index in [9.17, 15) is 13.2 Å². The van der Waals surface area contributed by atoms with Crippen molar-refractivity contribution in [3.05, 3.63) is 72.3 Å². The Bertz CT molecular complexity index is 1230. The number of benzene rings is 3. The van der Waals surface area contributed by atoms with Crippen LogP contribution in [0.15, 0.2) is 71.6 Å². The highest BCUT2D eigenvalue weighted by atomic mass is 32.2. The van der Waals surface area contributed by atoms with Gasteiger partial charge in [0.1, 0.15) is 5.75 Å². The lowest BCUT2D eigenvalue weighted by atomic mass is 10.2. The molecule has 8 nitrogen and oxygen atoms in total. The number of carbonyl (C=O) groups is 1. The van der Waals surface area contributed by atoms with E-state index < -0.39 is 10.0 Å². The molecule has 0 radical (unpaired) electrons. The van der Waals surface area contributed by atoms with E-state index in [-0.39, 0.29) is 10.8 Å². The van der Waals surface area contributed by atoms with Crippen LogP contribution in [-0.4, -0.2) is 42.2 Å². The van der Waals surface area contributed by atoms with Crippen molar-refractivity contribution in [1.82, 2.24) is 0 Å². The number of carbonyl (C=O) groups excluding carboxylic acids is 1. The van der Waals surface area contributed by atoms with Gasteiger partial charge in [-0.15, -0.1) is 0 Å². The maximum Gasteiger partial charge on any atom is 0.264 e. The Labute approximate surface area is 193 Å². The average Bonchev–Trinajstić information content (AvgIpc) is 2.84. The van der Waals surface area contributed by atoms with Crippen LogP contribution in [-0.2, 0) is 10.0 Å². The van der Waals surface area contributed by atoms with Crippen LogP contribution in [0.2, 0.25) is 0 Å². The molecular weight excluding hydrogens is 444 g/mol. The molecule has 0 heterocycles. The van der Waals surface area contributed by atoms with Crippen molar-refractivity contribution in [2.45, 2.75) is 11.8 Å². The van der Waals surface area contributed by atoms with Gasteiger partial charge in [0.25, 0.3) is 15.9 Å². The van der Waals surface area contributed by atoms with Gasteiger partial charge in [-0.3, -0.25) is 9.10 Å². The van der Waals surface area contributed by atoms with E-state index in [1.807, 2.05) is 13.0 Å². The van der Waals surface area contributed by atoms with Crippen molar-refractivity contribution in [3.63, 3.8) is 0 Å². The van der Waals surface area contributed by atoms with Gasteiger partial charge in [0.2, 0.25) is 0 Å². The summed E-state index contributed by atoms with van der Waals surface area (Å²) in [7, 11) is 0.498. The summed E-state index contributed by atoms with van der Waals surface area (Å²) >= 11 is 0. The standard InChI is InChI=1S/C24H26N2O6S/c1-5-32-21-9-7-6-8-20(21)25-24(27)17-10-12-18(13-11-17)26(2)33(28,29)19-14-15-22(30-3)23(16-19)31-4/h6-16H,5H2,1-4H3,(H,25,27). The minimum atomic E-state index is -3.86. The van der Waals surface area contributed by atoms with Crippen molar-refractivity contribution in [1.29, 1.82) is 0 Å². The number of hydrogen-bond acceptors (Lipinski definition) is 6. The number of nitrogens with zero attached hydrogens (tertiary/aromatic N) is 1. The lowest BCUT2D eigenvalue weighted by molar-refractivity contribution is 0.102. The Kier molecular flexibility index (Phi) is 7.44. The summed E-state index contributed by atoms with van der Waals surface area (Å²) in [6.45, 7) is 2.34. The van der Waals surface area contributed by atoms with Gasteiger partial charge in [0.15, 0.2) is 11.5 Å². The van der Waals surface area contributed by atoms with E-state index in [1.54, 1.807) is 42.5 Å². The SMILES string of the molecule is CCOc1ccccc1NC(=O)c1ccc(N(C)S(=O)(=O)c2ccc(OC)c(OC)c2)cc1. The van der Waals surface area contributed by atoms with Crippen molar-refractivity contribution in [2.24, 2.45) is 0 Å². The molecule has 0 bridgehead atoms. The topological polar surface area (TPSA) is 94.2 Å². The number of anilines is 2. The average molecular weight is 471 g/mol. The van der Waals surface area contributed by atoms with Gasteiger partial charge < -0.3 is 19.5 Å². The van der Waals surface area contributed by atoms with Gasteiger partial charge in [0, 0.05) is 18.7 Å². The molecule has 0 saturated heterocycles. The summed E-state index contributed by atoms with van der Waals surface area (Å²) in [5.74, 6) is 0.983. The Hall–Kier alpha value is -3.72. The quantitative estimate of drug-likeness (QED) is 0.504. The van der Waals surface area contributed by atoms with Gasteiger partial charge in [-0.2, -0.15) is 0 Å². The van der Waals surface area contributed by atoms with Crippen LogP contribution in [0.25, 0.3) is 0 Å². The normalized spacial score (nSPS) is 10.9. The summed E-state index contributed by atoms with van der Waals surface area (Å²) in [5.41, 5.74) is 1.33. The van der Waals surface area contributed by atoms with Gasteiger partial charge in [-0.25, -0.2) is 8.42 Å². The summed E-state index contributed by atoms with van der Waals surface area (Å²) in [5, 5.41) is 2.82. The Morgan fingerprint density at radius 3 is 2.21 bits per heavy atom. The largest absolute Gasteiger partial charge is 0.493 e. The second-order valence-corrected chi connectivity index (χ2v) is 8.89. The molecule has 3 aromatic rings. The monoisotopic (exact) mass is 470 g/mol. The van der Waals surface area contributed by atoms with Gasteiger partial charge in [-0.05, 0) is 55.5 Å². The molecule has 0 aliphatic carbocycles. The van der Waals surface area contributed by atoms with E-state index in [0.717, 1.165) is 4.31 Å². The van der Waals surface area contributed by atoms with Crippen LogP contribution in [0.5, 0.6) is 17.2 Å². The fraction of sp³-hybridized carbons (Fsp3) is 0.208. The fourth-order valence-corrected chi connectivity index (χ4v) is 4.35. The lowest BCUT2D eigenvalue weighted by Gasteiger charge is -2.20. The molecule has 0 spiro atoms. The van der Waals surface area contributed by atoms with Crippen LogP contribution >= 0.6 is 0 Å². The van der Waals surface area contributed by atoms with Crippen LogP contribution < -0.4 is 23.8 Å². The number of amides is 1. The third-order valence-electron chi connectivity index (χ3n) is 4.94. The molecule has 0 unspecified atom stereocenters. The minimum absolute atomic E-state index is 0.0528. The molecule has 0 atom stereocenters. The Morgan fingerprint density at radius 2 is 1.58 bits per heavy atom.